The highest BCUT2D eigenvalue weighted by molar-refractivity contribution is 9.10. The van der Waals surface area contributed by atoms with Crippen LogP contribution in [0.25, 0.3) is 0 Å². The van der Waals surface area contributed by atoms with Crippen LogP contribution in [-0.2, 0) is 14.8 Å². The molecular weight excluding hydrogens is 544 g/mol. The lowest BCUT2D eigenvalue weighted by molar-refractivity contribution is -0.115. The maximum atomic E-state index is 13.3. The van der Waals surface area contributed by atoms with Crippen molar-refractivity contribution in [3.63, 3.8) is 0 Å². The number of hydrogen-bond donors (Lipinski definition) is 2. The molecule has 0 heterocycles. The molecule has 1 atom stereocenters. The van der Waals surface area contributed by atoms with Gasteiger partial charge in [-0.05, 0) is 76.9 Å². The molecule has 178 valence electrons. The minimum absolute atomic E-state index is 0.155. The zero-order valence-electron chi connectivity index (χ0n) is 18.8. The summed E-state index contributed by atoms with van der Waals surface area (Å²) in [6, 6.07) is 30.7. The third kappa shape index (κ3) is 6.54. The second-order valence-corrected chi connectivity index (χ2v) is 11.5. The fourth-order valence-corrected chi connectivity index (χ4v) is 5.80. The molecule has 0 aliphatic carbocycles. The Kier molecular flexibility index (Phi) is 7.95. The summed E-state index contributed by atoms with van der Waals surface area (Å²) in [5.74, 6) is -0.155. The van der Waals surface area contributed by atoms with Crippen molar-refractivity contribution in [1.82, 2.24) is 0 Å². The number of anilines is 2. The van der Waals surface area contributed by atoms with Gasteiger partial charge in [0.25, 0.3) is 10.0 Å². The van der Waals surface area contributed by atoms with Gasteiger partial charge in [-0.15, -0.1) is 11.8 Å². The Morgan fingerprint density at radius 2 is 1.46 bits per heavy atom. The maximum absolute atomic E-state index is 13.3. The monoisotopic (exact) mass is 566 g/mol. The number of carbonyl (C=O) groups excluding carboxylic acids is 1. The predicted octanol–water partition coefficient (Wildman–Crippen LogP) is 7.03. The lowest BCUT2D eigenvalue weighted by Crippen LogP contribution is -2.19. The Morgan fingerprint density at radius 1 is 0.829 bits per heavy atom. The number of sulfonamides is 1. The van der Waals surface area contributed by atoms with Gasteiger partial charge < -0.3 is 5.32 Å². The third-order valence-electron chi connectivity index (χ3n) is 5.16. The number of benzene rings is 4. The first-order valence-electron chi connectivity index (χ1n) is 10.8. The van der Waals surface area contributed by atoms with Crippen molar-refractivity contribution in [1.29, 1.82) is 0 Å². The van der Waals surface area contributed by atoms with Gasteiger partial charge in [0.15, 0.2) is 0 Å². The molecule has 1 amide bonds. The highest BCUT2D eigenvalue weighted by Crippen LogP contribution is 2.37. The standard InChI is InChI=1S/C27H23BrN2O3S2/c1-19-11-17-23(18-12-19)35(32,33)30-21-13-15-22(16-14-21)34-26(20-7-3-2-4-8-20)27(31)29-25-10-6-5-9-24(25)28/h2-18,26,30H,1H3,(H,29,31). The number of thioether (sulfide) groups is 1. The van der Waals surface area contributed by atoms with Crippen LogP contribution in [0.3, 0.4) is 0 Å². The molecular formula is C27H23BrN2O3S2. The second-order valence-electron chi connectivity index (χ2n) is 7.82. The van der Waals surface area contributed by atoms with E-state index in [4.69, 9.17) is 0 Å². The first-order valence-corrected chi connectivity index (χ1v) is 13.9. The quantitative estimate of drug-likeness (QED) is 0.224. The molecule has 8 heteroatoms. The molecule has 0 bridgehead atoms. The third-order valence-corrected chi connectivity index (χ3v) is 8.52. The van der Waals surface area contributed by atoms with Crippen LogP contribution in [0.2, 0.25) is 0 Å². The largest absolute Gasteiger partial charge is 0.324 e. The van der Waals surface area contributed by atoms with E-state index in [0.717, 1.165) is 20.5 Å². The van der Waals surface area contributed by atoms with Crippen molar-refractivity contribution in [3.8, 4) is 0 Å². The number of aryl methyl sites for hydroxylation is 1. The highest BCUT2D eigenvalue weighted by Gasteiger charge is 2.23. The number of halogens is 1. The average molecular weight is 568 g/mol. The van der Waals surface area contributed by atoms with Gasteiger partial charge in [0, 0.05) is 15.1 Å². The highest BCUT2D eigenvalue weighted by atomic mass is 79.9. The van der Waals surface area contributed by atoms with Crippen LogP contribution in [0.15, 0.2) is 117 Å². The summed E-state index contributed by atoms with van der Waals surface area (Å²) in [6.45, 7) is 1.90. The van der Waals surface area contributed by atoms with E-state index in [-0.39, 0.29) is 10.8 Å². The summed E-state index contributed by atoms with van der Waals surface area (Å²) in [6.07, 6.45) is 0. The Hall–Kier alpha value is -3.07. The number of rotatable bonds is 8. The molecule has 4 rings (SSSR count). The van der Waals surface area contributed by atoms with E-state index < -0.39 is 15.3 Å². The first-order chi connectivity index (χ1) is 16.8. The van der Waals surface area contributed by atoms with Crippen molar-refractivity contribution < 1.29 is 13.2 Å². The summed E-state index contributed by atoms with van der Waals surface area (Å²) in [5, 5.41) is 2.49. The summed E-state index contributed by atoms with van der Waals surface area (Å²) >= 11 is 4.87. The molecule has 0 spiro atoms. The molecule has 0 aromatic heterocycles. The van der Waals surface area contributed by atoms with Gasteiger partial charge in [-0.2, -0.15) is 0 Å². The van der Waals surface area contributed by atoms with Crippen molar-refractivity contribution in [2.75, 3.05) is 10.0 Å². The van der Waals surface area contributed by atoms with Gasteiger partial charge in [-0.25, -0.2) is 8.42 Å². The van der Waals surface area contributed by atoms with Crippen LogP contribution in [0, 0.1) is 6.92 Å². The average Bonchev–Trinajstić information content (AvgIpc) is 2.85. The maximum Gasteiger partial charge on any atom is 0.261 e. The molecule has 1 unspecified atom stereocenters. The number of amides is 1. The van der Waals surface area contributed by atoms with Gasteiger partial charge in [0.1, 0.15) is 5.25 Å². The van der Waals surface area contributed by atoms with E-state index in [0.29, 0.717) is 11.4 Å². The molecule has 0 radical (unpaired) electrons. The minimum atomic E-state index is -3.69. The van der Waals surface area contributed by atoms with Crippen LogP contribution in [0.1, 0.15) is 16.4 Å². The lowest BCUT2D eigenvalue weighted by Gasteiger charge is -2.18. The SMILES string of the molecule is Cc1ccc(S(=O)(=O)Nc2ccc(SC(C(=O)Nc3ccccc3Br)c3ccccc3)cc2)cc1. The van der Waals surface area contributed by atoms with Crippen molar-refractivity contribution in [3.05, 3.63) is 119 Å². The minimum Gasteiger partial charge on any atom is -0.324 e. The molecule has 4 aromatic rings. The Labute approximate surface area is 218 Å². The fourth-order valence-electron chi connectivity index (χ4n) is 3.33. The summed E-state index contributed by atoms with van der Waals surface area (Å²) in [4.78, 5) is 14.3. The predicted molar refractivity (Wildman–Crippen MR) is 146 cm³/mol. The van der Waals surface area contributed by atoms with Gasteiger partial charge >= 0.3 is 0 Å². The number of hydrogen-bond acceptors (Lipinski definition) is 4. The van der Waals surface area contributed by atoms with E-state index in [9.17, 15) is 13.2 Å². The fraction of sp³-hybridized carbons (Fsp3) is 0.0741. The smallest absolute Gasteiger partial charge is 0.261 e. The molecule has 2 N–H and O–H groups in total. The number of nitrogens with one attached hydrogen (secondary N) is 2. The van der Waals surface area contributed by atoms with Crippen molar-refractivity contribution in [2.45, 2.75) is 22.0 Å². The van der Waals surface area contributed by atoms with Crippen LogP contribution in [0.4, 0.5) is 11.4 Å². The zero-order valence-corrected chi connectivity index (χ0v) is 22.0. The van der Waals surface area contributed by atoms with Gasteiger partial charge in [0.05, 0.1) is 10.6 Å². The van der Waals surface area contributed by atoms with E-state index in [1.54, 1.807) is 48.5 Å². The first kappa shape index (κ1) is 25.0. The molecule has 0 aliphatic heterocycles. The van der Waals surface area contributed by atoms with Crippen molar-refractivity contribution in [2.24, 2.45) is 0 Å². The van der Waals surface area contributed by atoms with Gasteiger partial charge in [-0.3, -0.25) is 9.52 Å². The number of para-hydroxylation sites is 1. The number of carbonyl (C=O) groups is 1. The second kappa shape index (κ2) is 11.1. The van der Waals surface area contributed by atoms with E-state index in [1.165, 1.54) is 11.8 Å². The molecule has 0 saturated carbocycles. The summed E-state index contributed by atoms with van der Waals surface area (Å²) in [7, 11) is -3.69. The van der Waals surface area contributed by atoms with Crippen LogP contribution >= 0.6 is 27.7 Å². The van der Waals surface area contributed by atoms with E-state index in [2.05, 4.69) is 26.0 Å². The molecule has 4 aromatic carbocycles. The Bertz CT molecular complexity index is 1410. The molecule has 35 heavy (non-hydrogen) atoms. The van der Waals surface area contributed by atoms with Crippen LogP contribution < -0.4 is 10.0 Å². The van der Waals surface area contributed by atoms with Gasteiger partial charge in [0.2, 0.25) is 5.91 Å². The molecule has 0 saturated heterocycles. The lowest BCUT2D eigenvalue weighted by atomic mass is 10.1. The molecule has 0 fully saturated rings. The summed E-state index contributed by atoms with van der Waals surface area (Å²) < 4.78 is 28.8. The van der Waals surface area contributed by atoms with E-state index >= 15 is 0 Å². The molecule has 5 nitrogen and oxygen atoms in total. The topological polar surface area (TPSA) is 75.3 Å². The summed E-state index contributed by atoms with van der Waals surface area (Å²) in [5.41, 5.74) is 3.00. The molecule has 0 aliphatic rings. The Morgan fingerprint density at radius 3 is 2.11 bits per heavy atom. The van der Waals surface area contributed by atoms with Crippen LogP contribution in [-0.4, -0.2) is 14.3 Å². The van der Waals surface area contributed by atoms with E-state index in [1.807, 2.05) is 61.5 Å². The normalized spacial score (nSPS) is 12.1. The Balaban J connectivity index is 1.52. The van der Waals surface area contributed by atoms with Gasteiger partial charge in [-0.1, -0.05) is 60.2 Å². The zero-order chi connectivity index (χ0) is 24.8. The van der Waals surface area contributed by atoms with Crippen molar-refractivity contribution >= 4 is 55.0 Å². The van der Waals surface area contributed by atoms with Crippen LogP contribution in [0.5, 0.6) is 0 Å².